The summed E-state index contributed by atoms with van der Waals surface area (Å²) >= 11 is 1.69. The second-order valence-electron chi connectivity index (χ2n) is 1.51. The Labute approximate surface area is 53.2 Å². The van der Waals surface area contributed by atoms with Crippen LogP contribution in [0.3, 0.4) is 0 Å². The van der Waals surface area contributed by atoms with Gasteiger partial charge in [-0.1, -0.05) is 0 Å². The number of thiazole rings is 1. The van der Waals surface area contributed by atoms with Crippen LogP contribution >= 0.6 is 11.3 Å². The van der Waals surface area contributed by atoms with E-state index in [4.69, 9.17) is 0 Å². The predicted molar refractivity (Wildman–Crippen MR) is 36.6 cm³/mol. The molecule has 3 N–H and O–H groups in total. The highest BCUT2D eigenvalue weighted by atomic mass is 32.1. The smallest absolute Gasteiger partial charge is 0.0897 e. The third-order valence-electron chi connectivity index (χ3n) is 0.734. The maximum absolute atomic E-state index is 4.13. The molecular formula is C5H10N2S. The maximum Gasteiger partial charge on any atom is 0.0897 e. The molecule has 0 aliphatic rings. The van der Waals surface area contributed by atoms with Gasteiger partial charge < -0.3 is 6.15 Å². The summed E-state index contributed by atoms with van der Waals surface area (Å²) in [5.74, 6) is 0. The molecule has 0 bridgehead atoms. The van der Waals surface area contributed by atoms with Gasteiger partial charge in [-0.15, -0.1) is 11.3 Å². The minimum Gasteiger partial charge on any atom is -0.344 e. The third kappa shape index (κ3) is 1.60. The van der Waals surface area contributed by atoms with Crippen molar-refractivity contribution in [2.45, 2.75) is 13.8 Å². The zero-order valence-electron chi connectivity index (χ0n) is 5.14. The number of rotatable bonds is 0. The van der Waals surface area contributed by atoms with E-state index in [0.29, 0.717) is 0 Å². The zero-order chi connectivity index (χ0) is 5.28. The second kappa shape index (κ2) is 2.79. The van der Waals surface area contributed by atoms with Gasteiger partial charge >= 0.3 is 0 Å². The Morgan fingerprint density at radius 2 is 2.12 bits per heavy atom. The summed E-state index contributed by atoms with van der Waals surface area (Å²) in [6, 6.07) is 0. The average Bonchev–Trinajstić information content (AvgIpc) is 1.87. The van der Waals surface area contributed by atoms with Crippen molar-refractivity contribution >= 4 is 11.3 Å². The minimum atomic E-state index is 0. The Morgan fingerprint density at radius 1 is 1.50 bits per heavy atom. The quantitative estimate of drug-likeness (QED) is 0.583. The molecule has 0 unspecified atom stereocenters. The molecule has 0 aliphatic heterocycles. The summed E-state index contributed by atoms with van der Waals surface area (Å²) in [4.78, 5) is 4.13. The Bertz CT molecular complexity index is 143. The molecular weight excluding hydrogens is 120 g/mol. The van der Waals surface area contributed by atoms with E-state index >= 15 is 0 Å². The largest absolute Gasteiger partial charge is 0.344 e. The molecule has 0 amide bonds. The summed E-state index contributed by atoms with van der Waals surface area (Å²) in [5.41, 5.74) is 1.13. The fourth-order valence-electron chi connectivity index (χ4n) is 0.472. The Kier molecular flexibility index (Phi) is 2.65. The van der Waals surface area contributed by atoms with Gasteiger partial charge in [0.25, 0.3) is 0 Å². The molecule has 0 radical (unpaired) electrons. The standard InChI is InChI=1S/C5H7NS.H3N/c1-4-3-7-5(2)6-4;/h3H,1-2H3;1H3. The summed E-state index contributed by atoms with van der Waals surface area (Å²) < 4.78 is 0. The van der Waals surface area contributed by atoms with Crippen LogP contribution in [0.5, 0.6) is 0 Å². The van der Waals surface area contributed by atoms with E-state index in [1.807, 2.05) is 13.8 Å². The lowest BCUT2D eigenvalue weighted by atomic mass is 10.6. The monoisotopic (exact) mass is 130 g/mol. The molecule has 1 rings (SSSR count). The van der Waals surface area contributed by atoms with Crippen LogP contribution in [0.2, 0.25) is 0 Å². The molecule has 2 nitrogen and oxygen atoms in total. The van der Waals surface area contributed by atoms with Crippen LogP contribution in [0, 0.1) is 13.8 Å². The zero-order valence-corrected chi connectivity index (χ0v) is 5.96. The van der Waals surface area contributed by atoms with Crippen molar-refractivity contribution < 1.29 is 0 Å². The normalized spacial score (nSPS) is 8.25. The summed E-state index contributed by atoms with van der Waals surface area (Å²) in [6.07, 6.45) is 0. The van der Waals surface area contributed by atoms with E-state index in [9.17, 15) is 0 Å². The number of hydrogen-bond acceptors (Lipinski definition) is 3. The van der Waals surface area contributed by atoms with Gasteiger partial charge in [0.15, 0.2) is 0 Å². The summed E-state index contributed by atoms with van der Waals surface area (Å²) in [5, 5.41) is 3.20. The van der Waals surface area contributed by atoms with Gasteiger partial charge in [-0.25, -0.2) is 4.98 Å². The highest BCUT2D eigenvalue weighted by Gasteiger charge is 1.85. The first-order chi connectivity index (χ1) is 3.29. The lowest BCUT2D eigenvalue weighted by molar-refractivity contribution is 1.20. The molecule has 8 heavy (non-hydrogen) atoms. The van der Waals surface area contributed by atoms with Gasteiger partial charge in [0.05, 0.1) is 5.01 Å². The Hall–Kier alpha value is -0.410. The number of aromatic nitrogens is 1. The Morgan fingerprint density at radius 3 is 2.25 bits per heavy atom. The van der Waals surface area contributed by atoms with Crippen molar-refractivity contribution in [3.8, 4) is 0 Å². The molecule has 0 saturated carbocycles. The van der Waals surface area contributed by atoms with E-state index in [1.165, 1.54) is 0 Å². The molecule has 1 aromatic rings. The first-order valence-corrected chi connectivity index (χ1v) is 3.06. The topological polar surface area (TPSA) is 47.9 Å². The van der Waals surface area contributed by atoms with Crippen LogP contribution < -0.4 is 6.15 Å². The van der Waals surface area contributed by atoms with E-state index in [2.05, 4.69) is 10.4 Å². The molecule has 0 aromatic carbocycles. The molecule has 1 heterocycles. The van der Waals surface area contributed by atoms with Crippen molar-refractivity contribution in [3.05, 3.63) is 16.1 Å². The molecule has 1 aromatic heterocycles. The summed E-state index contributed by atoms with van der Waals surface area (Å²) in [6.45, 7) is 4.02. The number of nitrogens with zero attached hydrogens (tertiary/aromatic N) is 1. The molecule has 0 spiro atoms. The second-order valence-corrected chi connectivity index (χ2v) is 2.57. The fourth-order valence-corrected chi connectivity index (χ4v) is 1.06. The molecule has 0 atom stereocenters. The van der Waals surface area contributed by atoms with Gasteiger partial charge in [0.1, 0.15) is 0 Å². The molecule has 0 saturated heterocycles. The molecule has 0 fully saturated rings. The third-order valence-corrected chi connectivity index (χ3v) is 1.63. The van der Waals surface area contributed by atoms with E-state index in [1.54, 1.807) is 11.3 Å². The molecule has 46 valence electrons. The van der Waals surface area contributed by atoms with Crippen LogP contribution in [0.1, 0.15) is 10.7 Å². The Balaban J connectivity index is 0.000000490. The molecule has 0 aliphatic carbocycles. The SMILES string of the molecule is Cc1csc(C)n1.N. The highest BCUT2D eigenvalue weighted by molar-refractivity contribution is 7.09. The average molecular weight is 130 g/mol. The summed E-state index contributed by atoms with van der Waals surface area (Å²) in [7, 11) is 0. The van der Waals surface area contributed by atoms with Crippen LogP contribution in [0.15, 0.2) is 5.38 Å². The van der Waals surface area contributed by atoms with Gasteiger partial charge in [-0.3, -0.25) is 0 Å². The minimum absolute atomic E-state index is 0. The van der Waals surface area contributed by atoms with Gasteiger partial charge in [-0.2, -0.15) is 0 Å². The lowest BCUT2D eigenvalue weighted by Crippen LogP contribution is -1.67. The van der Waals surface area contributed by atoms with E-state index in [-0.39, 0.29) is 6.15 Å². The number of hydrogen-bond donors (Lipinski definition) is 1. The first-order valence-electron chi connectivity index (χ1n) is 2.18. The lowest BCUT2D eigenvalue weighted by Gasteiger charge is -1.71. The first kappa shape index (κ1) is 7.59. The van der Waals surface area contributed by atoms with Gasteiger partial charge in [0.2, 0.25) is 0 Å². The number of aryl methyl sites for hydroxylation is 2. The van der Waals surface area contributed by atoms with Crippen molar-refractivity contribution in [2.75, 3.05) is 0 Å². The van der Waals surface area contributed by atoms with Crippen LogP contribution in [0.4, 0.5) is 0 Å². The van der Waals surface area contributed by atoms with Gasteiger partial charge in [0, 0.05) is 11.1 Å². The van der Waals surface area contributed by atoms with E-state index in [0.717, 1.165) is 10.7 Å². The van der Waals surface area contributed by atoms with Gasteiger partial charge in [-0.05, 0) is 13.8 Å². The van der Waals surface area contributed by atoms with Crippen molar-refractivity contribution in [1.82, 2.24) is 11.1 Å². The van der Waals surface area contributed by atoms with Crippen LogP contribution in [-0.4, -0.2) is 4.98 Å². The van der Waals surface area contributed by atoms with Crippen molar-refractivity contribution in [3.63, 3.8) is 0 Å². The fraction of sp³-hybridized carbons (Fsp3) is 0.400. The van der Waals surface area contributed by atoms with Crippen LogP contribution in [0.25, 0.3) is 0 Å². The maximum atomic E-state index is 4.13. The van der Waals surface area contributed by atoms with Crippen molar-refractivity contribution in [2.24, 2.45) is 0 Å². The highest BCUT2D eigenvalue weighted by Crippen LogP contribution is 2.04. The van der Waals surface area contributed by atoms with E-state index < -0.39 is 0 Å². The molecule has 3 heteroatoms. The van der Waals surface area contributed by atoms with Crippen molar-refractivity contribution in [1.29, 1.82) is 0 Å². The van der Waals surface area contributed by atoms with Crippen LogP contribution in [-0.2, 0) is 0 Å². The predicted octanol–water partition coefficient (Wildman–Crippen LogP) is 1.92.